The number of nitrogens with zero attached hydrogens (tertiary/aromatic N) is 1. The molecule has 0 unspecified atom stereocenters. The number of allylic oxidation sites excluding steroid dienone is 6. The van der Waals surface area contributed by atoms with Crippen LogP contribution in [0.15, 0.2) is 72.4 Å². The third-order valence-corrected chi connectivity index (χ3v) is 6.26. The molecule has 0 aromatic heterocycles. The molecule has 1 heterocycles. The first kappa shape index (κ1) is 28.3. The van der Waals surface area contributed by atoms with E-state index in [1.54, 1.807) is 12.1 Å². The molecular formula is C30H36F3N3O. The van der Waals surface area contributed by atoms with Crippen molar-refractivity contribution in [2.45, 2.75) is 46.0 Å². The zero-order valence-electron chi connectivity index (χ0n) is 21.6. The molecule has 0 aliphatic carbocycles. The molecule has 0 atom stereocenters. The second kappa shape index (κ2) is 14.4. The molecule has 0 saturated carbocycles. The number of carbonyl (C=O) groups is 1. The minimum atomic E-state index is -2.67. The number of unbranched alkanes of at least 4 members (excludes halogenated alkanes) is 1. The molecule has 1 aliphatic rings. The highest BCUT2D eigenvalue weighted by atomic mass is 19.3. The van der Waals surface area contributed by atoms with Gasteiger partial charge in [0.15, 0.2) is 0 Å². The second-order valence-corrected chi connectivity index (χ2v) is 9.03. The van der Waals surface area contributed by atoms with Gasteiger partial charge in [-0.25, -0.2) is 13.2 Å². The maximum absolute atomic E-state index is 14.6. The quantitative estimate of drug-likeness (QED) is 0.313. The summed E-state index contributed by atoms with van der Waals surface area (Å²) in [6.07, 6.45) is 10.5. The number of hydrogen-bond acceptors (Lipinski definition) is 3. The van der Waals surface area contributed by atoms with Gasteiger partial charge in [-0.15, -0.1) is 0 Å². The van der Waals surface area contributed by atoms with Crippen LogP contribution < -0.4 is 15.5 Å². The van der Waals surface area contributed by atoms with Gasteiger partial charge in [-0.1, -0.05) is 43.7 Å². The van der Waals surface area contributed by atoms with Crippen LogP contribution in [0.3, 0.4) is 0 Å². The van der Waals surface area contributed by atoms with Gasteiger partial charge in [-0.2, -0.15) is 0 Å². The molecule has 3 rings (SSSR count). The van der Waals surface area contributed by atoms with Crippen LogP contribution in [0, 0.1) is 5.82 Å². The SMILES string of the molecule is C\C=C/C=C(\C=C\CCC)CCc1cc(C(=O)Nc2ccc(N3CCNCC3)c(C(F)F)c2)ccc1F. The number of benzene rings is 2. The van der Waals surface area contributed by atoms with Crippen LogP contribution in [-0.2, 0) is 6.42 Å². The average Bonchev–Trinajstić information content (AvgIpc) is 2.91. The van der Waals surface area contributed by atoms with E-state index in [1.807, 2.05) is 30.1 Å². The number of aryl methyl sites for hydroxylation is 1. The highest BCUT2D eigenvalue weighted by Gasteiger charge is 2.21. The van der Waals surface area contributed by atoms with Crippen molar-refractivity contribution in [1.82, 2.24) is 5.32 Å². The Hall–Kier alpha value is -3.32. The second-order valence-electron chi connectivity index (χ2n) is 9.03. The Balaban J connectivity index is 1.74. The Labute approximate surface area is 218 Å². The van der Waals surface area contributed by atoms with Crippen molar-refractivity contribution in [1.29, 1.82) is 0 Å². The smallest absolute Gasteiger partial charge is 0.265 e. The van der Waals surface area contributed by atoms with Crippen molar-refractivity contribution in [2.24, 2.45) is 0 Å². The summed E-state index contributed by atoms with van der Waals surface area (Å²) in [5, 5.41) is 5.91. The van der Waals surface area contributed by atoms with Gasteiger partial charge in [0.25, 0.3) is 12.3 Å². The maximum atomic E-state index is 14.6. The van der Waals surface area contributed by atoms with E-state index in [0.29, 0.717) is 37.2 Å². The summed E-state index contributed by atoms with van der Waals surface area (Å²) in [6.45, 7) is 6.80. The number of nitrogens with one attached hydrogen (secondary N) is 2. The van der Waals surface area contributed by atoms with Gasteiger partial charge in [0.05, 0.1) is 0 Å². The summed E-state index contributed by atoms with van der Waals surface area (Å²) in [5.41, 5.74) is 2.43. The summed E-state index contributed by atoms with van der Waals surface area (Å²) >= 11 is 0. The van der Waals surface area contributed by atoms with Crippen LogP contribution in [0.25, 0.3) is 0 Å². The third-order valence-electron chi connectivity index (χ3n) is 6.26. The van der Waals surface area contributed by atoms with Gasteiger partial charge in [-0.3, -0.25) is 4.79 Å². The van der Waals surface area contributed by atoms with Crippen LogP contribution in [0.5, 0.6) is 0 Å². The summed E-state index contributed by atoms with van der Waals surface area (Å²) < 4.78 is 42.2. The van der Waals surface area contributed by atoms with Gasteiger partial charge in [0, 0.05) is 48.7 Å². The van der Waals surface area contributed by atoms with Crippen molar-refractivity contribution in [3.8, 4) is 0 Å². The molecule has 2 aromatic carbocycles. The fraction of sp³-hybridized carbons (Fsp3) is 0.367. The monoisotopic (exact) mass is 511 g/mol. The molecule has 1 amide bonds. The van der Waals surface area contributed by atoms with Crippen molar-refractivity contribution >= 4 is 17.3 Å². The topological polar surface area (TPSA) is 44.4 Å². The molecule has 0 spiro atoms. The van der Waals surface area contributed by atoms with Crippen molar-refractivity contribution < 1.29 is 18.0 Å². The fourth-order valence-electron chi connectivity index (χ4n) is 4.23. The van der Waals surface area contributed by atoms with E-state index in [1.165, 1.54) is 24.3 Å². The Morgan fingerprint density at radius 1 is 1.16 bits per heavy atom. The molecule has 37 heavy (non-hydrogen) atoms. The van der Waals surface area contributed by atoms with Crippen LogP contribution in [0.4, 0.5) is 24.5 Å². The number of amides is 1. The van der Waals surface area contributed by atoms with Crippen LogP contribution in [0.2, 0.25) is 0 Å². The molecule has 7 heteroatoms. The Morgan fingerprint density at radius 2 is 1.95 bits per heavy atom. The predicted molar refractivity (Wildman–Crippen MR) is 146 cm³/mol. The lowest BCUT2D eigenvalue weighted by Crippen LogP contribution is -2.43. The largest absolute Gasteiger partial charge is 0.369 e. The van der Waals surface area contributed by atoms with Crippen molar-refractivity contribution in [2.75, 3.05) is 36.4 Å². The van der Waals surface area contributed by atoms with Crippen LogP contribution in [0.1, 0.15) is 61.0 Å². The normalized spacial score (nSPS) is 14.8. The van der Waals surface area contributed by atoms with E-state index >= 15 is 0 Å². The van der Waals surface area contributed by atoms with Gasteiger partial charge in [-0.05, 0) is 73.7 Å². The zero-order valence-corrected chi connectivity index (χ0v) is 21.6. The number of anilines is 2. The first-order valence-corrected chi connectivity index (χ1v) is 12.9. The lowest BCUT2D eigenvalue weighted by atomic mass is 10.0. The van der Waals surface area contributed by atoms with E-state index < -0.39 is 12.3 Å². The number of alkyl halides is 2. The molecule has 0 radical (unpaired) electrons. The molecule has 2 aromatic rings. The molecule has 2 N–H and O–H groups in total. The van der Waals surface area contributed by atoms with E-state index in [0.717, 1.165) is 31.5 Å². The third kappa shape index (κ3) is 8.35. The van der Waals surface area contributed by atoms with Crippen LogP contribution >= 0.6 is 0 Å². The van der Waals surface area contributed by atoms with E-state index in [2.05, 4.69) is 29.7 Å². The lowest BCUT2D eigenvalue weighted by molar-refractivity contribution is 0.102. The minimum Gasteiger partial charge on any atom is -0.369 e. The van der Waals surface area contributed by atoms with E-state index in [9.17, 15) is 18.0 Å². The highest BCUT2D eigenvalue weighted by molar-refractivity contribution is 6.04. The minimum absolute atomic E-state index is 0.115. The fourth-order valence-corrected chi connectivity index (χ4v) is 4.23. The summed E-state index contributed by atoms with van der Waals surface area (Å²) in [6, 6.07) is 8.82. The molecule has 1 fully saturated rings. The molecule has 1 aliphatic heterocycles. The van der Waals surface area contributed by atoms with E-state index in [-0.39, 0.29) is 22.6 Å². The number of carbonyl (C=O) groups excluding carboxylic acids is 1. The number of piperazine rings is 1. The molecular weight excluding hydrogens is 475 g/mol. The Morgan fingerprint density at radius 3 is 2.65 bits per heavy atom. The van der Waals surface area contributed by atoms with Gasteiger partial charge in [0.1, 0.15) is 5.82 Å². The number of rotatable bonds is 11. The summed E-state index contributed by atoms with van der Waals surface area (Å²) in [5.74, 6) is -0.844. The molecule has 198 valence electrons. The molecule has 1 saturated heterocycles. The van der Waals surface area contributed by atoms with Crippen molar-refractivity contribution in [3.63, 3.8) is 0 Å². The summed E-state index contributed by atoms with van der Waals surface area (Å²) in [4.78, 5) is 14.9. The molecule has 4 nitrogen and oxygen atoms in total. The Bertz CT molecular complexity index is 1130. The maximum Gasteiger partial charge on any atom is 0.265 e. The van der Waals surface area contributed by atoms with E-state index in [4.69, 9.17) is 0 Å². The standard InChI is InChI=1S/C30H36F3N3O/c1-3-5-7-9-22(8-6-4-2)10-11-23-20-24(12-14-27(23)31)30(37)35-25-13-15-28(26(21-25)29(32)33)36-18-16-34-17-19-36/h4,6-9,12-15,20-21,29,34H,3,5,10-11,16-19H2,1-2H3,(H,35,37)/b6-4-,9-7+,22-8+. The average molecular weight is 512 g/mol. The Kier molecular flexibility index (Phi) is 11.0. The number of hydrogen-bond donors (Lipinski definition) is 2. The van der Waals surface area contributed by atoms with Gasteiger partial charge in [0.2, 0.25) is 0 Å². The van der Waals surface area contributed by atoms with Crippen molar-refractivity contribution in [3.05, 3.63) is 94.9 Å². The van der Waals surface area contributed by atoms with Gasteiger partial charge < -0.3 is 15.5 Å². The summed E-state index contributed by atoms with van der Waals surface area (Å²) in [7, 11) is 0. The predicted octanol–water partition coefficient (Wildman–Crippen LogP) is 7.22. The lowest BCUT2D eigenvalue weighted by Gasteiger charge is -2.31. The number of halogens is 3. The first-order valence-electron chi connectivity index (χ1n) is 12.9. The zero-order chi connectivity index (χ0) is 26.6. The van der Waals surface area contributed by atoms with Crippen LogP contribution in [-0.4, -0.2) is 32.1 Å². The van der Waals surface area contributed by atoms with Gasteiger partial charge >= 0.3 is 0 Å². The highest BCUT2D eigenvalue weighted by Crippen LogP contribution is 2.33. The first-order chi connectivity index (χ1) is 17.9. The molecule has 0 bridgehead atoms.